The lowest BCUT2D eigenvalue weighted by Crippen LogP contribution is -2.10. The molecule has 2 rings (SSSR count). The van der Waals surface area contributed by atoms with Gasteiger partial charge < -0.3 is 4.74 Å². The van der Waals surface area contributed by atoms with Crippen LogP contribution in [-0.2, 0) is 9.53 Å². The van der Waals surface area contributed by atoms with Crippen LogP contribution in [0.15, 0.2) is 30.3 Å². The summed E-state index contributed by atoms with van der Waals surface area (Å²) in [7, 11) is 0. The van der Waals surface area contributed by atoms with Crippen LogP contribution < -0.4 is 0 Å². The Bertz CT molecular complexity index is 785. The third kappa shape index (κ3) is 3.83. The monoisotopic (exact) mass is 313 g/mol. The number of esters is 1. The normalized spacial score (nSPS) is 12.1. The summed E-state index contributed by atoms with van der Waals surface area (Å²) in [5.74, 6) is -0.905. The van der Waals surface area contributed by atoms with Crippen LogP contribution in [0.5, 0.6) is 0 Å². The minimum absolute atomic E-state index is 0.315. The van der Waals surface area contributed by atoms with Crippen molar-refractivity contribution >= 4 is 12.0 Å². The second-order valence-corrected chi connectivity index (χ2v) is 5.01. The molecule has 0 spiro atoms. The number of ether oxygens (including phenoxy) is 1. The quantitative estimate of drug-likeness (QED) is 0.642. The summed E-state index contributed by atoms with van der Waals surface area (Å²) in [6, 6.07) is 7.81. The fraction of sp³-hybridized carbons (Fsp3) is 0.235. The number of rotatable bonds is 4. The molecule has 0 aliphatic heterocycles. The van der Waals surface area contributed by atoms with Gasteiger partial charge in [-0.2, -0.15) is 10.4 Å². The largest absolute Gasteiger partial charge is 0.444 e. The highest BCUT2D eigenvalue weighted by Gasteiger charge is 2.12. The van der Waals surface area contributed by atoms with E-state index in [9.17, 15) is 9.18 Å². The molecule has 0 saturated heterocycles. The number of benzene rings is 1. The highest BCUT2D eigenvalue weighted by Crippen LogP contribution is 2.19. The van der Waals surface area contributed by atoms with Gasteiger partial charge in [0.15, 0.2) is 6.10 Å². The van der Waals surface area contributed by atoms with E-state index in [1.807, 2.05) is 19.9 Å². The maximum absolute atomic E-state index is 13.0. The molecule has 2 aromatic rings. The Hall–Kier alpha value is -2.94. The number of carbonyl (C=O) groups is 1. The Morgan fingerprint density at radius 2 is 2.04 bits per heavy atom. The lowest BCUT2D eigenvalue weighted by Gasteiger charge is -2.04. The van der Waals surface area contributed by atoms with Crippen molar-refractivity contribution in [1.29, 1.82) is 5.26 Å². The number of aryl methyl sites for hydroxylation is 1. The number of nitriles is 1. The molecule has 0 amide bonds. The first-order valence-electron chi connectivity index (χ1n) is 7.03. The van der Waals surface area contributed by atoms with E-state index in [-0.39, 0.29) is 5.82 Å². The number of nitrogens with zero attached hydrogens (tertiary/aromatic N) is 3. The van der Waals surface area contributed by atoms with Crippen LogP contribution in [-0.4, -0.2) is 21.9 Å². The van der Waals surface area contributed by atoms with Crippen LogP contribution in [0, 0.1) is 31.0 Å². The van der Waals surface area contributed by atoms with Gasteiger partial charge in [-0.1, -0.05) is 0 Å². The zero-order chi connectivity index (χ0) is 17.0. The molecule has 5 nitrogen and oxygen atoms in total. The number of aromatic nitrogens is 2. The van der Waals surface area contributed by atoms with Crippen LogP contribution in [0.1, 0.15) is 23.9 Å². The third-order valence-electron chi connectivity index (χ3n) is 3.28. The fourth-order valence-corrected chi connectivity index (χ4v) is 2.12. The van der Waals surface area contributed by atoms with Gasteiger partial charge in [0.2, 0.25) is 0 Å². The molecule has 0 fully saturated rings. The van der Waals surface area contributed by atoms with Gasteiger partial charge in [0.05, 0.1) is 11.4 Å². The van der Waals surface area contributed by atoms with Crippen molar-refractivity contribution in [1.82, 2.24) is 9.78 Å². The Morgan fingerprint density at radius 3 is 2.65 bits per heavy atom. The summed E-state index contributed by atoms with van der Waals surface area (Å²) in [6.45, 7) is 5.16. The molecule has 1 unspecified atom stereocenters. The molecule has 0 bridgehead atoms. The summed E-state index contributed by atoms with van der Waals surface area (Å²) < 4.78 is 19.5. The number of carbonyl (C=O) groups excluding carboxylic acids is 1. The van der Waals surface area contributed by atoms with Gasteiger partial charge in [-0.25, -0.2) is 13.9 Å². The molecule has 0 aliphatic rings. The van der Waals surface area contributed by atoms with Crippen LogP contribution in [0.25, 0.3) is 11.8 Å². The van der Waals surface area contributed by atoms with Crippen LogP contribution in [0.3, 0.4) is 0 Å². The van der Waals surface area contributed by atoms with E-state index in [2.05, 4.69) is 5.10 Å². The SMILES string of the molecule is Cc1nn(-c2ccc(F)cc2)c(C)c1/C=C/C(=O)OC(C)C#N. The average molecular weight is 313 g/mol. The smallest absolute Gasteiger partial charge is 0.332 e. The van der Waals surface area contributed by atoms with E-state index in [1.165, 1.54) is 25.1 Å². The van der Waals surface area contributed by atoms with Gasteiger partial charge in [-0.15, -0.1) is 0 Å². The predicted octanol–water partition coefficient (Wildman–Crippen LogP) is 3.10. The molecule has 23 heavy (non-hydrogen) atoms. The Morgan fingerprint density at radius 1 is 1.39 bits per heavy atom. The number of hydrogen-bond acceptors (Lipinski definition) is 4. The Labute approximate surface area is 133 Å². The minimum atomic E-state index is -0.795. The molecule has 0 radical (unpaired) electrons. The summed E-state index contributed by atoms with van der Waals surface area (Å²) >= 11 is 0. The van der Waals surface area contributed by atoms with E-state index < -0.39 is 12.1 Å². The van der Waals surface area contributed by atoms with Crippen molar-refractivity contribution in [3.63, 3.8) is 0 Å². The van der Waals surface area contributed by atoms with Crippen molar-refractivity contribution in [2.45, 2.75) is 26.9 Å². The standard InChI is InChI=1S/C17H16FN3O2/c1-11(10-19)23-17(22)9-8-16-12(2)20-21(13(16)3)15-6-4-14(18)5-7-15/h4-9,11H,1-3H3/b9-8+. The molecule has 118 valence electrons. The highest BCUT2D eigenvalue weighted by atomic mass is 19.1. The second kappa shape index (κ2) is 6.88. The Kier molecular flexibility index (Phi) is 4.91. The van der Waals surface area contributed by atoms with Crippen molar-refractivity contribution < 1.29 is 13.9 Å². The lowest BCUT2D eigenvalue weighted by molar-refractivity contribution is -0.139. The maximum Gasteiger partial charge on any atom is 0.332 e. The van der Waals surface area contributed by atoms with E-state index in [0.717, 1.165) is 22.6 Å². The predicted molar refractivity (Wildman–Crippen MR) is 83.2 cm³/mol. The molecule has 1 aromatic heterocycles. The van der Waals surface area contributed by atoms with E-state index in [0.29, 0.717) is 0 Å². The number of halogens is 1. The molecule has 0 aliphatic carbocycles. The van der Waals surface area contributed by atoms with Crippen molar-refractivity contribution in [2.24, 2.45) is 0 Å². The molecule has 1 atom stereocenters. The van der Waals surface area contributed by atoms with Crippen LogP contribution in [0.4, 0.5) is 4.39 Å². The first-order chi connectivity index (χ1) is 10.9. The van der Waals surface area contributed by atoms with Gasteiger partial charge in [0.1, 0.15) is 11.9 Å². The fourth-order valence-electron chi connectivity index (χ4n) is 2.12. The van der Waals surface area contributed by atoms with Crippen molar-refractivity contribution in [3.05, 3.63) is 53.1 Å². The van der Waals surface area contributed by atoms with Crippen molar-refractivity contribution in [2.75, 3.05) is 0 Å². The number of hydrogen-bond donors (Lipinski definition) is 0. The molecule has 1 heterocycles. The highest BCUT2D eigenvalue weighted by molar-refractivity contribution is 5.87. The minimum Gasteiger partial charge on any atom is -0.444 e. The topological polar surface area (TPSA) is 67.9 Å². The van der Waals surface area contributed by atoms with Crippen molar-refractivity contribution in [3.8, 4) is 11.8 Å². The van der Waals surface area contributed by atoms with E-state index in [4.69, 9.17) is 10.00 Å². The van der Waals surface area contributed by atoms with E-state index in [1.54, 1.807) is 22.9 Å². The van der Waals surface area contributed by atoms with Gasteiger partial charge in [-0.05, 0) is 51.1 Å². The molecule has 1 aromatic carbocycles. The summed E-state index contributed by atoms with van der Waals surface area (Å²) in [6.07, 6.45) is 2.07. The zero-order valence-electron chi connectivity index (χ0n) is 13.1. The molecular weight excluding hydrogens is 297 g/mol. The summed E-state index contributed by atoms with van der Waals surface area (Å²) in [5, 5.41) is 13.0. The lowest BCUT2D eigenvalue weighted by atomic mass is 10.2. The van der Waals surface area contributed by atoms with E-state index >= 15 is 0 Å². The molecular formula is C17H16FN3O2. The maximum atomic E-state index is 13.0. The first kappa shape index (κ1) is 16.4. The van der Waals surface area contributed by atoms with Crippen LogP contribution in [0.2, 0.25) is 0 Å². The summed E-state index contributed by atoms with van der Waals surface area (Å²) in [5.41, 5.74) is 3.04. The van der Waals surface area contributed by atoms with Gasteiger partial charge in [0, 0.05) is 17.3 Å². The molecule has 0 saturated carbocycles. The first-order valence-corrected chi connectivity index (χ1v) is 7.03. The summed E-state index contributed by atoms with van der Waals surface area (Å²) in [4.78, 5) is 11.6. The van der Waals surface area contributed by atoms with Gasteiger partial charge in [0.25, 0.3) is 0 Å². The van der Waals surface area contributed by atoms with Gasteiger partial charge in [-0.3, -0.25) is 0 Å². The average Bonchev–Trinajstić information content (AvgIpc) is 2.80. The van der Waals surface area contributed by atoms with Gasteiger partial charge >= 0.3 is 5.97 Å². The zero-order valence-corrected chi connectivity index (χ0v) is 13.1. The molecule has 6 heteroatoms. The molecule has 0 N–H and O–H groups in total. The second-order valence-electron chi connectivity index (χ2n) is 5.01. The third-order valence-corrected chi connectivity index (χ3v) is 3.28. The Balaban J connectivity index is 2.26. The van der Waals surface area contributed by atoms with Crippen LogP contribution >= 0.6 is 0 Å².